The molecule has 126 valence electrons. The molecule has 0 unspecified atom stereocenters. The number of ether oxygens (including phenoxy) is 1. The lowest BCUT2D eigenvalue weighted by atomic mass is 9.76. The molecular formula is C19H22N2O3. The molecule has 1 aliphatic rings. The summed E-state index contributed by atoms with van der Waals surface area (Å²) in [5, 5.41) is 0. The fourth-order valence-corrected chi connectivity index (χ4v) is 3.50. The van der Waals surface area contributed by atoms with Crippen LogP contribution in [0.4, 0.5) is 0 Å². The van der Waals surface area contributed by atoms with Crippen LogP contribution < -0.4 is 10.5 Å². The zero-order valence-electron chi connectivity index (χ0n) is 14.5. The van der Waals surface area contributed by atoms with Crippen molar-refractivity contribution in [3.05, 3.63) is 46.8 Å². The molecule has 3 rings (SSSR count). The molecule has 24 heavy (non-hydrogen) atoms. The van der Waals surface area contributed by atoms with Crippen LogP contribution >= 0.6 is 0 Å². The molecule has 1 aromatic carbocycles. The highest BCUT2D eigenvalue weighted by atomic mass is 16.5. The third-order valence-corrected chi connectivity index (χ3v) is 4.58. The molecule has 5 heteroatoms. The highest BCUT2D eigenvalue weighted by molar-refractivity contribution is 5.99. The normalized spacial score (nSPS) is 15.9. The lowest BCUT2D eigenvalue weighted by Crippen LogP contribution is -2.28. The summed E-state index contributed by atoms with van der Waals surface area (Å²) in [6.07, 6.45) is 1.36. The first-order valence-corrected chi connectivity index (χ1v) is 7.96. The maximum Gasteiger partial charge on any atom is 0.248 e. The van der Waals surface area contributed by atoms with Crippen molar-refractivity contribution < 1.29 is 14.3 Å². The number of amides is 1. The molecule has 0 aliphatic heterocycles. The van der Waals surface area contributed by atoms with Crippen molar-refractivity contribution in [2.45, 2.75) is 33.6 Å². The average Bonchev–Trinajstić information content (AvgIpc) is 2.81. The number of hydrogen-bond donors (Lipinski definition) is 1. The summed E-state index contributed by atoms with van der Waals surface area (Å²) in [5.41, 5.74) is 9.24. The van der Waals surface area contributed by atoms with Crippen LogP contribution in [0, 0.1) is 12.3 Å². The molecule has 0 saturated carbocycles. The Bertz CT molecular complexity index is 847. The summed E-state index contributed by atoms with van der Waals surface area (Å²) >= 11 is 0. The van der Waals surface area contributed by atoms with E-state index in [0.717, 1.165) is 29.1 Å². The van der Waals surface area contributed by atoms with Crippen molar-refractivity contribution in [3.63, 3.8) is 0 Å². The Labute approximate surface area is 141 Å². The van der Waals surface area contributed by atoms with Gasteiger partial charge in [-0.2, -0.15) is 0 Å². The SMILES string of the molecule is COc1cc(C(N)=O)ccc1-n1c(C)cc2c1CC(C)(C)CC2=O. The van der Waals surface area contributed by atoms with Crippen molar-refractivity contribution in [2.75, 3.05) is 7.11 Å². The van der Waals surface area contributed by atoms with Gasteiger partial charge in [0, 0.05) is 28.9 Å². The van der Waals surface area contributed by atoms with Gasteiger partial charge < -0.3 is 15.0 Å². The van der Waals surface area contributed by atoms with Crippen LogP contribution in [0.2, 0.25) is 0 Å². The number of aryl methyl sites for hydroxylation is 1. The number of ketones is 1. The minimum atomic E-state index is -0.498. The van der Waals surface area contributed by atoms with E-state index >= 15 is 0 Å². The first kappa shape index (κ1) is 16.3. The maximum atomic E-state index is 12.5. The van der Waals surface area contributed by atoms with Crippen molar-refractivity contribution in [3.8, 4) is 11.4 Å². The molecule has 1 aliphatic carbocycles. The smallest absolute Gasteiger partial charge is 0.248 e. The van der Waals surface area contributed by atoms with Gasteiger partial charge in [-0.05, 0) is 43.0 Å². The van der Waals surface area contributed by atoms with Crippen LogP contribution in [0.15, 0.2) is 24.3 Å². The standard InChI is InChI=1S/C19H22N2O3/c1-11-7-13-15(9-19(2,3)10-16(13)22)21(11)14-6-5-12(18(20)23)8-17(14)24-4/h5-8H,9-10H2,1-4H3,(H2,20,23). The number of fused-ring (bicyclic) bond motifs is 1. The Hall–Kier alpha value is -2.56. The molecular weight excluding hydrogens is 304 g/mol. The predicted octanol–water partition coefficient (Wildman–Crippen LogP) is 3.05. The van der Waals surface area contributed by atoms with Crippen molar-refractivity contribution in [1.82, 2.24) is 4.57 Å². The zero-order valence-corrected chi connectivity index (χ0v) is 14.5. The summed E-state index contributed by atoms with van der Waals surface area (Å²) < 4.78 is 7.52. The number of primary amides is 1. The van der Waals surface area contributed by atoms with Crippen LogP contribution in [0.25, 0.3) is 5.69 Å². The number of hydrogen-bond acceptors (Lipinski definition) is 3. The van der Waals surface area contributed by atoms with Gasteiger partial charge in [0.15, 0.2) is 5.78 Å². The van der Waals surface area contributed by atoms with Gasteiger partial charge in [-0.15, -0.1) is 0 Å². The van der Waals surface area contributed by atoms with Gasteiger partial charge in [-0.1, -0.05) is 13.8 Å². The number of methoxy groups -OCH3 is 1. The summed E-state index contributed by atoms with van der Waals surface area (Å²) in [6.45, 7) is 6.18. The summed E-state index contributed by atoms with van der Waals surface area (Å²) in [4.78, 5) is 23.9. The molecule has 0 saturated heterocycles. The Morgan fingerprint density at radius 1 is 1.25 bits per heavy atom. The van der Waals surface area contributed by atoms with Crippen LogP contribution in [0.1, 0.15) is 52.4 Å². The van der Waals surface area contributed by atoms with E-state index in [0.29, 0.717) is 17.7 Å². The van der Waals surface area contributed by atoms with Crippen LogP contribution in [0.5, 0.6) is 5.75 Å². The molecule has 1 heterocycles. The van der Waals surface area contributed by atoms with E-state index in [1.54, 1.807) is 19.2 Å². The monoisotopic (exact) mass is 326 g/mol. The molecule has 0 fully saturated rings. The fraction of sp³-hybridized carbons (Fsp3) is 0.368. The van der Waals surface area contributed by atoms with Crippen LogP contribution in [0.3, 0.4) is 0 Å². The molecule has 5 nitrogen and oxygen atoms in total. The molecule has 0 spiro atoms. The number of carbonyl (C=O) groups excluding carboxylic acids is 2. The fourth-order valence-electron chi connectivity index (χ4n) is 3.50. The Kier molecular flexibility index (Phi) is 3.74. The lowest BCUT2D eigenvalue weighted by Gasteiger charge is -2.30. The molecule has 1 aromatic heterocycles. The third-order valence-electron chi connectivity index (χ3n) is 4.58. The number of Topliss-reactive ketones (excluding diaryl/α,β-unsaturated/α-hetero) is 1. The predicted molar refractivity (Wildman–Crippen MR) is 92.0 cm³/mol. The Morgan fingerprint density at radius 3 is 2.58 bits per heavy atom. The Morgan fingerprint density at radius 2 is 1.96 bits per heavy atom. The number of nitrogens with zero attached hydrogens (tertiary/aromatic N) is 1. The molecule has 2 N–H and O–H groups in total. The second-order valence-electron chi connectivity index (χ2n) is 7.17. The van der Waals surface area contributed by atoms with E-state index in [1.165, 1.54) is 0 Å². The summed E-state index contributed by atoms with van der Waals surface area (Å²) in [5.74, 6) is 0.238. The zero-order chi connectivity index (χ0) is 17.6. The average molecular weight is 326 g/mol. The summed E-state index contributed by atoms with van der Waals surface area (Å²) in [7, 11) is 1.56. The largest absolute Gasteiger partial charge is 0.495 e. The number of rotatable bonds is 3. The van der Waals surface area contributed by atoms with E-state index in [-0.39, 0.29) is 11.2 Å². The van der Waals surface area contributed by atoms with Gasteiger partial charge in [-0.3, -0.25) is 9.59 Å². The third kappa shape index (κ3) is 2.60. The minimum Gasteiger partial charge on any atom is -0.495 e. The summed E-state index contributed by atoms with van der Waals surface area (Å²) in [6, 6.07) is 7.08. The molecule has 0 bridgehead atoms. The van der Waals surface area contributed by atoms with E-state index < -0.39 is 5.91 Å². The van der Waals surface area contributed by atoms with Gasteiger partial charge in [0.25, 0.3) is 0 Å². The van der Waals surface area contributed by atoms with Gasteiger partial charge in [0.1, 0.15) is 5.75 Å². The highest BCUT2D eigenvalue weighted by Crippen LogP contribution is 2.39. The maximum absolute atomic E-state index is 12.5. The first-order valence-electron chi connectivity index (χ1n) is 7.96. The van der Waals surface area contributed by atoms with Crippen LogP contribution in [-0.4, -0.2) is 23.4 Å². The van der Waals surface area contributed by atoms with Gasteiger partial charge >= 0.3 is 0 Å². The number of carbonyl (C=O) groups is 2. The van der Waals surface area contributed by atoms with Crippen molar-refractivity contribution >= 4 is 11.7 Å². The van der Waals surface area contributed by atoms with Gasteiger partial charge in [0.2, 0.25) is 5.91 Å². The quantitative estimate of drug-likeness (QED) is 0.942. The highest BCUT2D eigenvalue weighted by Gasteiger charge is 2.34. The lowest BCUT2D eigenvalue weighted by molar-refractivity contribution is 0.0910. The van der Waals surface area contributed by atoms with Crippen molar-refractivity contribution in [1.29, 1.82) is 0 Å². The van der Waals surface area contributed by atoms with Crippen LogP contribution in [-0.2, 0) is 6.42 Å². The van der Waals surface area contributed by atoms with E-state index in [2.05, 4.69) is 18.4 Å². The van der Waals surface area contributed by atoms with E-state index in [4.69, 9.17) is 10.5 Å². The van der Waals surface area contributed by atoms with Gasteiger partial charge in [-0.25, -0.2) is 0 Å². The molecule has 0 atom stereocenters. The number of nitrogens with two attached hydrogens (primary N) is 1. The molecule has 0 radical (unpaired) electrons. The van der Waals surface area contributed by atoms with Crippen molar-refractivity contribution in [2.24, 2.45) is 11.1 Å². The van der Waals surface area contributed by atoms with Gasteiger partial charge in [0.05, 0.1) is 12.8 Å². The minimum absolute atomic E-state index is 0.0764. The number of benzene rings is 1. The Balaban J connectivity index is 2.22. The molecule has 2 aromatic rings. The second kappa shape index (κ2) is 5.51. The number of aromatic nitrogens is 1. The topological polar surface area (TPSA) is 74.3 Å². The second-order valence-corrected chi connectivity index (χ2v) is 7.17. The van der Waals surface area contributed by atoms with E-state index in [1.807, 2.05) is 19.1 Å². The van der Waals surface area contributed by atoms with E-state index in [9.17, 15) is 9.59 Å². The first-order chi connectivity index (χ1) is 11.2. The molecule has 1 amide bonds.